The highest BCUT2D eigenvalue weighted by molar-refractivity contribution is 5.97. The highest BCUT2D eigenvalue weighted by Crippen LogP contribution is 2.48. The van der Waals surface area contributed by atoms with Crippen molar-refractivity contribution >= 4 is 16.9 Å². The quantitative estimate of drug-likeness (QED) is 0.197. The first-order chi connectivity index (χ1) is 22.8. The molecule has 4 aromatic rings. The van der Waals surface area contributed by atoms with Crippen LogP contribution in [-0.2, 0) is 13.2 Å². The fraction of sp³-hybridized carbons (Fsp3) is 0.444. The number of pyridine rings is 1. The molecule has 2 aromatic carbocycles. The average Bonchev–Trinajstić information content (AvgIpc) is 3.35. The largest absolute Gasteiger partial charge is 0.473 e. The van der Waals surface area contributed by atoms with Gasteiger partial charge in [0.25, 0.3) is 5.91 Å². The van der Waals surface area contributed by atoms with Gasteiger partial charge in [-0.15, -0.1) is 0 Å². The van der Waals surface area contributed by atoms with Crippen molar-refractivity contribution in [3.8, 4) is 11.9 Å². The minimum absolute atomic E-state index is 0.00957. The molecule has 1 saturated heterocycles. The summed E-state index contributed by atoms with van der Waals surface area (Å²) in [4.78, 5) is 24.7. The molecule has 2 fully saturated rings. The number of hydrogen-bond donors (Lipinski definition) is 1. The predicted molar refractivity (Wildman–Crippen MR) is 172 cm³/mol. The van der Waals surface area contributed by atoms with Crippen LogP contribution >= 0.6 is 0 Å². The molecule has 6 rings (SSSR count). The first-order valence-electron chi connectivity index (χ1n) is 16.2. The van der Waals surface area contributed by atoms with Gasteiger partial charge in [0, 0.05) is 40.4 Å². The van der Waals surface area contributed by atoms with Gasteiger partial charge >= 0.3 is 6.18 Å². The Morgan fingerprint density at radius 3 is 2.46 bits per heavy atom. The Morgan fingerprint density at radius 2 is 1.79 bits per heavy atom. The molecule has 12 heteroatoms. The fourth-order valence-electron chi connectivity index (χ4n) is 6.49. The molecule has 3 heterocycles. The van der Waals surface area contributed by atoms with E-state index in [4.69, 9.17) is 15.0 Å². The van der Waals surface area contributed by atoms with E-state index in [0.717, 1.165) is 31.6 Å². The summed E-state index contributed by atoms with van der Waals surface area (Å²) in [5.41, 5.74) is 2.80. The van der Waals surface area contributed by atoms with Crippen LogP contribution < -0.4 is 10.1 Å². The Bertz CT molecular complexity index is 1840. The molecule has 252 valence electrons. The van der Waals surface area contributed by atoms with E-state index in [1.54, 1.807) is 30.3 Å². The number of halogens is 4. The van der Waals surface area contributed by atoms with Gasteiger partial charge in [-0.25, -0.2) is 14.4 Å². The maximum Gasteiger partial charge on any atom is 0.391 e. The van der Waals surface area contributed by atoms with Crippen LogP contribution in [-0.4, -0.2) is 50.1 Å². The van der Waals surface area contributed by atoms with Crippen LogP contribution in [0.4, 0.5) is 17.6 Å². The topological polar surface area (TPSA) is 96.1 Å². The zero-order valence-corrected chi connectivity index (χ0v) is 27.1. The van der Waals surface area contributed by atoms with Crippen molar-refractivity contribution in [2.45, 2.75) is 83.3 Å². The lowest BCUT2D eigenvalue weighted by Gasteiger charge is -2.39. The SMILES string of the molecule is CC(C)(C)NC(=O)c1ccc2nc(CN3CCC(c4cccc(OCc5ccc(C#N)cc5F)n4)CC3)n(C3CC(C(F)(F)F)C3)c2c1. The molecule has 0 radical (unpaired) electrons. The molecule has 8 nitrogen and oxygen atoms in total. The number of likely N-dealkylation sites (tertiary alicyclic amines) is 1. The Morgan fingerprint density at radius 1 is 1.04 bits per heavy atom. The monoisotopic (exact) mass is 662 g/mol. The number of fused-ring (bicyclic) bond motifs is 1. The first-order valence-corrected chi connectivity index (χ1v) is 16.2. The van der Waals surface area contributed by atoms with E-state index in [1.807, 2.05) is 43.5 Å². The van der Waals surface area contributed by atoms with Crippen molar-refractivity contribution in [3.63, 3.8) is 0 Å². The molecular weight excluding hydrogens is 624 g/mol. The number of piperidine rings is 1. The number of nitrogens with zero attached hydrogens (tertiary/aromatic N) is 5. The Hall–Kier alpha value is -4.50. The lowest BCUT2D eigenvalue weighted by molar-refractivity contribution is -0.202. The van der Waals surface area contributed by atoms with Gasteiger partial charge in [-0.1, -0.05) is 12.1 Å². The number of hydrogen-bond acceptors (Lipinski definition) is 6. The summed E-state index contributed by atoms with van der Waals surface area (Å²) in [6.07, 6.45) is -2.62. The summed E-state index contributed by atoms with van der Waals surface area (Å²) in [6, 6.07) is 16.6. The third kappa shape index (κ3) is 7.46. The van der Waals surface area contributed by atoms with Gasteiger partial charge in [0.1, 0.15) is 18.2 Å². The van der Waals surface area contributed by atoms with Gasteiger partial charge in [0.2, 0.25) is 5.88 Å². The van der Waals surface area contributed by atoms with Gasteiger partial charge in [0.15, 0.2) is 0 Å². The van der Waals surface area contributed by atoms with Gasteiger partial charge in [0.05, 0.1) is 35.1 Å². The zero-order valence-electron chi connectivity index (χ0n) is 27.1. The second-order valence-electron chi connectivity index (χ2n) is 13.8. The maximum absolute atomic E-state index is 14.3. The van der Waals surface area contributed by atoms with Crippen molar-refractivity contribution < 1.29 is 27.1 Å². The van der Waals surface area contributed by atoms with Crippen molar-refractivity contribution in [1.82, 2.24) is 24.8 Å². The lowest BCUT2D eigenvalue weighted by Crippen LogP contribution is -2.40. The third-order valence-electron chi connectivity index (χ3n) is 9.13. The number of nitrogens with one attached hydrogen (secondary N) is 1. The summed E-state index contributed by atoms with van der Waals surface area (Å²) < 4.78 is 62.4. The lowest BCUT2D eigenvalue weighted by atomic mass is 9.79. The number of aromatic nitrogens is 3. The van der Waals surface area contributed by atoms with E-state index in [0.29, 0.717) is 40.4 Å². The van der Waals surface area contributed by atoms with Gasteiger partial charge < -0.3 is 14.6 Å². The van der Waals surface area contributed by atoms with E-state index in [-0.39, 0.29) is 42.9 Å². The molecule has 0 bridgehead atoms. The number of benzene rings is 2. The molecule has 48 heavy (non-hydrogen) atoms. The van der Waals surface area contributed by atoms with Crippen molar-refractivity contribution in [1.29, 1.82) is 5.26 Å². The van der Waals surface area contributed by atoms with Gasteiger partial charge in [-0.3, -0.25) is 9.69 Å². The third-order valence-corrected chi connectivity index (χ3v) is 9.13. The number of rotatable bonds is 8. The van der Waals surface area contributed by atoms with Crippen LogP contribution in [0.25, 0.3) is 11.0 Å². The number of alkyl halides is 3. The number of carbonyl (C=O) groups excluding carboxylic acids is 1. The predicted octanol–water partition coefficient (Wildman–Crippen LogP) is 7.44. The standard InChI is InChI=1S/C36H38F4N6O2/c1-35(2,3)44-34(47)24-9-10-30-31(16-24)46(27-17-26(18-27)36(38,39)40)32(42-30)20-45-13-11-23(12-14-45)29-5-4-6-33(43-29)48-21-25-8-7-22(19-41)15-28(25)37/h4-10,15-16,23,26-27H,11-14,17-18,20-21H2,1-3H3,(H,44,47). The van der Waals surface area contributed by atoms with E-state index < -0.39 is 23.5 Å². The normalized spacial score (nSPS) is 19.1. The molecule has 2 aromatic heterocycles. The van der Waals surface area contributed by atoms with Crippen LogP contribution in [0.5, 0.6) is 5.88 Å². The van der Waals surface area contributed by atoms with E-state index in [9.17, 15) is 22.4 Å². The Labute approximate surface area is 276 Å². The molecule has 2 aliphatic rings. The molecule has 1 aliphatic carbocycles. The van der Waals surface area contributed by atoms with Crippen LogP contribution in [0.2, 0.25) is 0 Å². The number of imidazole rings is 1. The Balaban J connectivity index is 1.14. The smallest absolute Gasteiger partial charge is 0.391 e. The fourth-order valence-corrected chi connectivity index (χ4v) is 6.49. The Kier molecular flexibility index (Phi) is 9.18. The second-order valence-corrected chi connectivity index (χ2v) is 13.8. The summed E-state index contributed by atoms with van der Waals surface area (Å²) in [5, 5.41) is 11.9. The molecule has 0 spiro atoms. The van der Waals surface area contributed by atoms with Gasteiger partial charge in [-0.2, -0.15) is 18.4 Å². The molecule has 1 N–H and O–H groups in total. The number of amides is 1. The molecule has 1 aliphatic heterocycles. The average molecular weight is 663 g/mol. The van der Waals surface area contributed by atoms with Crippen molar-refractivity contribution in [2.75, 3.05) is 13.1 Å². The van der Waals surface area contributed by atoms with E-state index >= 15 is 0 Å². The van der Waals surface area contributed by atoms with Gasteiger partial charge in [-0.05, 0) is 95.9 Å². The number of carbonyl (C=O) groups is 1. The zero-order chi connectivity index (χ0) is 34.2. The molecule has 1 saturated carbocycles. The van der Waals surface area contributed by atoms with E-state index in [2.05, 4.69) is 15.2 Å². The van der Waals surface area contributed by atoms with E-state index in [1.165, 1.54) is 12.1 Å². The summed E-state index contributed by atoms with van der Waals surface area (Å²) in [5.74, 6) is -0.821. The van der Waals surface area contributed by atoms with Crippen LogP contribution in [0, 0.1) is 23.1 Å². The molecule has 0 atom stereocenters. The summed E-state index contributed by atoms with van der Waals surface area (Å²) in [7, 11) is 0. The second kappa shape index (κ2) is 13.2. The number of ether oxygens (including phenoxy) is 1. The minimum atomic E-state index is -4.23. The van der Waals surface area contributed by atoms with Crippen molar-refractivity contribution in [2.24, 2.45) is 5.92 Å². The van der Waals surface area contributed by atoms with Crippen molar-refractivity contribution in [3.05, 3.63) is 88.6 Å². The minimum Gasteiger partial charge on any atom is -0.473 e. The van der Waals surface area contributed by atoms with Crippen LogP contribution in [0.3, 0.4) is 0 Å². The summed E-state index contributed by atoms with van der Waals surface area (Å²) in [6.45, 7) is 7.62. The highest BCUT2D eigenvalue weighted by atomic mass is 19.4. The van der Waals surface area contributed by atoms with Crippen LogP contribution in [0.1, 0.15) is 91.4 Å². The highest BCUT2D eigenvalue weighted by Gasteiger charge is 2.49. The number of nitriles is 1. The summed E-state index contributed by atoms with van der Waals surface area (Å²) >= 11 is 0. The molecule has 0 unspecified atom stereocenters. The molecule has 1 amide bonds. The van der Waals surface area contributed by atoms with Crippen LogP contribution in [0.15, 0.2) is 54.6 Å². The molecular formula is C36H38F4N6O2. The maximum atomic E-state index is 14.3. The first kappa shape index (κ1) is 33.4.